The zero-order valence-electron chi connectivity index (χ0n) is 11.8. The fourth-order valence-electron chi connectivity index (χ4n) is 2.49. The highest BCUT2D eigenvalue weighted by atomic mass is 35.5. The van der Waals surface area contributed by atoms with Crippen LogP contribution in [0.15, 0.2) is 18.2 Å². The third-order valence-corrected chi connectivity index (χ3v) is 4.36. The van der Waals surface area contributed by atoms with Crippen molar-refractivity contribution < 1.29 is 0 Å². The molecule has 2 heterocycles. The van der Waals surface area contributed by atoms with Crippen molar-refractivity contribution in [3.05, 3.63) is 39.4 Å². The summed E-state index contributed by atoms with van der Waals surface area (Å²) in [4.78, 5) is 10.4. The normalized spacial score (nSPS) is 14.5. The van der Waals surface area contributed by atoms with Crippen LogP contribution in [0.2, 0.25) is 10.0 Å². The Labute approximate surface area is 138 Å². The van der Waals surface area contributed by atoms with Crippen LogP contribution in [0.3, 0.4) is 0 Å². The van der Waals surface area contributed by atoms with Gasteiger partial charge in [-0.15, -0.1) is 0 Å². The lowest BCUT2D eigenvalue weighted by molar-refractivity contribution is 0.278. The van der Waals surface area contributed by atoms with Crippen LogP contribution in [-0.4, -0.2) is 28.1 Å². The van der Waals surface area contributed by atoms with E-state index >= 15 is 0 Å². The molecule has 0 radical (unpaired) electrons. The van der Waals surface area contributed by atoms with Gasteiger partial charge in [0.1, 0.15) is 11.6 Å². The van der Waals surface area contributed by atoms with Gasteiger partial charge in [0, 0.05) is 23.1 Å². The number of nitrogens with one attached hydrogen (secondary N) is 1. The van der Waals surface area contributed by atoms with Crippen molar-refractivity contribution in [1.29, 1.82) is 0 Å². The van der Waals surface area contributed by atoms with Crippen molar-refractivity contribution in [2.24, 2.45) is 0 Å². The predicted molar refractivity (Wildman–Crippen MR) is 89.9 cm³/mol. The van der Waals surface area contributed by atoms with Crippen molar-refractivity contribution in [2.45, 2.75) is 13.0 Å². The Morgan fingerprint density at radius 2 is 1.91 bits per heavy atom. The number of nitrogen functional groups attached to an aromatic ring is 2. The molecule has 1 aliphatic heterocycles. The van der Waals surface area contributed by atoms with Gasteiger partial charge in [0.05, 0.1) is 12.2 Å². The van der Waals surface area contributed by atoms with Gasteiger partial charge < -0.3 is 16.8 Å². The van der Waals surface area contributed by atoms with E-state index in [0.29, 0.717) is 34.9 Å². The molecule has 5 N–H and O–H groups in total. The molecule has 0 bridgehead atoms. The fraction of sp³-hybridized carbons (Fsp3) is 0.286. The summed E-state index contributed by atoms with van der Waals surface area (Å²) < 4.78 is 0. The maximum atomic E-state index is 6.20. The highest BCUT2D eigenvalue weighted by Crippen LogP contribution is 2.27. The average molecular weight is 339 g/mol. The van der Waals surface area contributed by atoms with Gasteiger partial charge in [-0.25, -0.2) is 0 Å². The lowest BCUT2D eigenvalue weighted by atomic mass is 10.1. The second-order valence-electron chi connectivity index (χ2n) is 5.13. The van der Waals surface area contributed by atoms with E-state index in [9.17, 15) is 0 Å². The first-order chi connectivity index (χ1) is 10.5. The highest BCUT2D eigenvalue weighted by Gasteiger charge is 2.20. The maximum absolute atomic E-state index is 6.20. The molecule has 22 heavy (non-hydrogen) atoms. The van der Waals surface area contributed by atoms with Crippen LogP contribution in [0.1, 0.15) is 11.1 Å². The maximum Gasteiger partial charge on any atom is 0.223 e. The molecule has 3 rings (SSSR count). The van der Waals surface area contributed by atoms with E-state index < -0.39 is 0 Å². The lowest BCUT2D eigenvalue weighted by Gasteiger charge is -2.29. The Hall–Kier alpha value is -1.76. The number of hydrogen-bond acceptors (Lipinski definition) is 6. The van der Waals surface area contributed by atoms with E-state index in [1.54, 1.807) is 0 Å². The first kappa shape index (κ1) is 15.1. The molecule has 0 amide bonds. The number of fused-ring (bicyclic) bond motifs is 1. The number of rotatable bonds is 3. The highest BCUT2D eigenvalue weighted by molar-refractivity contribution is 6.35. The molecule has 0 fully saturated rings. The molecule has 0 saturated heterocycles. The van der Waals surface area contributed by atoms with Gasteiger partial charge in [-0.1, -0.05) is 29.3 Å². The minimum Gasteiger partial charge on any atom is -0.383 e. The molecule has 0 saturated carbocycles. The molecule has 0 unspecified atom stereocenters. The Balaban J connectivity index is 1.71. The van der Waals surface area contributed by atoms with E-state index in [2.05, 4.69) is 20.2 Å². The molecule has 0 aliphatic carbocycles. The van der Waals surface area contributed by atoms with Gasteiger partial charge in [0.2, 0.25) is 5.95 Å². The minimum absolute atomic E-state index is 0.181. The lowest BCUT2D eigenvalue weighted by Crippen LogP contribution is -2.36. The molecular weight excluding hydrogens is 323 g/mol. The van der Waals surface area contributed by atoms with E-state index in [0.717, 1.165) is 24.1 Å². The van der Waals surface area contributed by atoms with Gasteiger partial charge >= 0.3 is 0 Å². The molecule has 1 aromatic heterocycles. The zero-order chi connectivity index (χ0) is 15.7. The third-order valence-electron chi connectivity index (χ3n) is 3.65. The Morgan fingerprint density at radius 1 is 1.18 bits per heavy atom. The SMILES string of the molecule is Nc1nc(N)c2c(n1)NCN(CCc1c(Cl)cccc1Cl)C2. The molecular formula is C14H16Cl2N6. The van der Waals surface area contributed by atoms with Crippen LogP contribution in [0, 0.1) is 0 Å². The molecule has 6 nitrogen and oxygen atoms in total. The quantitative estimate of drug-likeness (QED) is 0.795. The van der Waals surface area contributed by atoms with Crippen molar-refractivity contribution in [3.8, 4) is 0 Å². The summed E-state index contributed by atoms with van der Waals surface area (Å²) in [6.45, 7) is 2.11. The summed E-state index contributed by atoms with van der Waals surface area (Å²) in [5.41, 5.74) is 13.3. The number of anilines is 3. The standard InChI is InChI=1S/C14H16Cl2N6/c15-10-2-1-3-11(16)8(10)4-5-22-6-9-12(17)20-14(18)21-13(9)19-7-22/h1-3H,4-7H2,(H5,17,18,19,20,21). The number of hydrogen-bond donors (Lipinski definition) is 3. The summed E-state index contributed by atoms with van der Waals surface area (Å²) >= 11 is 12.4. The van der Waals surface area contributed by atoms with E-state index in [4.69, 9.17) is 34.7 Å². The van der Waals surface area contributed by atoms with Crippen molar-refractivity contribution >= 4 is 40.8 Å². The Kier molecular flexibility index (Phi) is 4.24. The summed E-state index contributed by atoms with van der Waals surface area (Å²) in [5, 5.41) is 4.59. The molecule has 2 aromatic rings. The van der Waals surface area contributed by atoms with Gasteiger partial charge in [0.15, 0.2) is 0 Å². The number of nitrogens with two attached hydrogens (primary N) is 2. The van der Waals surface area contributed by atoms with Crippen molar-refractivity contribution in [2.75, 3.05) is 30.0 Å². The topological polar surface area (TPSA) is 93.1 Å². The summed E-state index contributed by atoms with van der Waals surface area (Å²) in [5.74, 6) is 1.30. The van der Waals surface area contributed by atoms with Crippen molar-refractivity contribution in [1.82, 2.24) is 14.9 Å². The monoisotopic (exact) mass is 338 g/mol. The van der Waals surface area contributed by atoms with Crippen LogP contribution >= 0.6 is 23.2 Å². The smallest absolute Gasteiger partial charge is 0.223 e. The second-order valence-corrected chi connectivity index (χ2v) is 5.95. The predicted octanol–water partition coefficient (Wildman–Crippen LogP) is 2.38. The molecule has 116 valence electrons. The van der Waals surface area contributed by atoms with E-state index in [1.165, 1.54) is 0 Å². The summed E-state index contributed by atoms with van der Waals surface area (Å²) in [6.07, 6.45) is 0.755. The fourth-order valence-corrected chi connectivity index (χ4v) is 3.07. The van der Waals surface area contributed by atoms with Gasteiger partial charge in [0.25, 0.3) is 0 Å². The second kappa shape index (κ2) is 6.16. The number of aromatic nitrogens is 2. The summed E-state index contributed by atoms with van der Waals surface area (Å²) in [7, 11) is 0. The zero-order valence-corrected chi connectivity index (χ0v) is 13.3. The first-order valence-corrected chi connectivity index (χ1v) is 7.61. The van der Waals surface area contributed by atoms with Crippen LogP contribution < -0.4 is 16.8 Å². The van der Waals surface area contributed by atoms with Gasteiger partial charge in [-0.05, 0) is 24.1 Å². The van der Waals surface area contributed by atoms with Crippen LogP contribution in [0.25, 0.3) is 0 Å². The van der Waals surface area contributed by atoms with E-state index in [1.807, 2.05) is 18.2 Å². The van der Waals surface area contributed by atoms with E-state index in [-0.39, 0.29) is 5.95 Å². The average Bonchev–Trinajstić information content (AvgIpc) is 2.47. The van der Waals surface area contributed by atoms with Crippen LogP contribution in [-0.2, 0) is 13.0 Å². The summed E-state index contributed by atoms with van der Waals surface area (Å²) in [6, 6.07) is 5.54. The molecule has 1 aromatic carbocycles. The Bertz CT molecular complexity index is 686. The Morgan fingerprint density at radius 3 is 2.64 bits per heavy atom. The third kappa shape index (κ3) is 3.04. The molecule has 0 atom stereocenters. The molecule has 1 aliphatic rings. The largest absolute Gasteiger partial charge is 0.383 e. The first-order valence-electron chi connectivity index (χ1n) is 6.85. The van der Waals surface area contributed by atoms with Gasteiger partial charge in [-0.2, -0.15) is 9.97 Å². The molecule has 8 heteroatoms. The number of benzene rings is 1. The van der Waals surface area contributed by atoms with Crippen molar-refractivity contribution in [3.63, 3.8) is 0 Å². The minimum atomic E-state index is 0.181. The number of nitrogens with zero attached hydrogens (tertiary/aromatic N) is 3. The number of halogens is 2. The van der Waals surface area contributed by atoms with Crippen LogP contribution in [0.5, 0.6) is 0 Å². The van der Waals surface area contributed by atoms with Crippen LogP contribution in [0.4, 0.5) is 17.6 Å². The molecule has 0 spiro atoms. The van der Waals surface area contributed by atoms with Gasteiger partial charge in [-0.3, -0.25) is 4.90 Å².